The predicted octanol–water partition coefficient (Wildman–Crippen LogP) is 6.78. The molecule has 4 atom stereocenters. The minimum atomic E-state index is -0.0710. The van der Waals surface area contributed by atoms with Crippen molar-refractivity contribution in [3.63, 3.8) is 0 Å². The second-order valence-corrected chi connectivity index (χ2v) is 11.2. The number of anilines is 2. The van der Waals surface area contributed by atoms with Crippen LogP contribution in [0.4, 0.5) is 11.4 Å². The van der Waals surface area contributed by atoms with Crippen LogP contribution in [0.25, 0.3) is 0 Å². The van der Waals surface area contributed by atoms with E-state index in [4.69, 9.17) is 23.8 Å². The second kappa shape index (κ2) is 9.82. The summed E-state index contributed by atoms with van der Waals surface area (Å²) < 4.78 is 2.32. The van der Waals surface area contributed by atoms with E-state index in [0.717, 1.165) is 35.2 Å². The van der Waals surface area contributed by atoms with Crippen molar-refractivity contribution >= 4 is 40.3 Å². The highest BCUT2D eigenvalue weighted by atomic mass is 35.5. The smallest absolute Gasteiger partial charge is 0.174 e. The molecule has 184 valence electrons. The zero-order valence-electron chi connectivity index (χ0n) is 20.9. The Morgan fingerprint density at radius 1 is 1.06 bits per heavy atom. The van der Waals surface area contributed by atoms with Gasteiger partial charge >= 0.3 is 0 Å². The van der Waals surface area contributed by atoms with E-state index in [0.29, 0.717) is 23.0 Å². The summed E-state index contributed by atoms with van der Waals surface area (Å²) in [4.78, 5) is 9.32. The maximum atomic E-state index is 6.94. The Hall–Kier alpha value is -2.57. The van der Waals surface area contributed by atoms with Gasteiger partial charge in [0.2, 0.25) is 0 Å². The summed E-state index contributed by atoms with van der Waals surface area (Å²) in [6, 6.07) is 16.9. The number of rotatable bonds is 5. The van der Waals surface area contributed by atoms with E-state index in [2.05, 4.69) is 95.0 Å². The number of aromatic nitrogens is 2. The standard InChI is InChI=1S/C28H34ClN5S/c1-18(2)33-13-7-9-25(33)27-26(23-8-5-6-12-30-23)31-28(35)34(27)21-10-11-24(22(29)15-21)32-16-19(3)14-20(4)17-32/h5-13,15,18-20,26-27H,14,16-17H2,1-4H3,(H,31,35). The van der Waals surface area contributed by atoms with E-state index in [1.54, 1.807) is 0 Å². The lowest BCUT2D eigenvalue weighted by molar-refractivity contribution is 0.357. The van der Waals surface area contributed by atoms with Crippen LogP contribution in [0, 0.1) is 11.8 Å². The highest BCUT2D eigenvalue weighted by molar-refractivity contribution is 7.80. The summed E-state index contributed by atoms with van der Waals surface area (Å²) >= 11 is 12.9. The van der Waals surface area contributed by atoms with Gasteiger partial charge in [-0.05, 0) is 86.8 Å². The van der Waals surface area contributed by atoms with Gasteiger partial charge in [0, 0.05) is 42.9 Å². The van der Waals surface area contributed by atoms with Crippen molar-refractivity contribution in [1.82, 2.24) is 14.9 Å². The minimum Gasteiger partial charge on any atom is -0.370 e. The maximum Gasteiger partial charge on any atom is 0.174 e. The van der Waals surface area contributed by atoms with Crippen LogP contribution in [0.5, 0.6) is 0 Å². The molecule has 2 fully saturated rings. The molecule has 4 heterocycles. The molecule has 5 rings (SSSR count). The fraction of sp³-hybridized carbons (Fsp3) is 0.429. The monoisotopic (exact) mass is 507 g/mol. The van der Waals surface area contributed by atoms with Crippen molar-refractivity contribution in [2.45, 2.75) is 52.2 Å². The first-order valence-corrected chi connectivity index (χ1v) is 13.3. The van der Waals surface area contributed by atoms with Crippen molar-refractivity contribution < 1.29 is 0 Å². The van der Waals surface area contributed by atoms with Gasteiger partial charge in [0.1, 0.15) is 6.04 Å². The summed E-state index contributed by atoms with van der Waals surface area (Å²) in [5, 5.41) is 5.02. The molecule has 0 bridgehead atoms. The Morgan fingerprint density at radius 2 is 1.83 bits per heavy atom. The molecule has 0 spiro atoms. The number of hydrogen-bond acceptors (Lipinski definition) is 3. The molecule has 0 saturated carbocycles. The third kappa shape index (κ3) is 4.66. The van der Waals surface area contributed by atoms with Gasteiger partial charge in [-0.2, -0.15) is 0 Å². The number of halogens is 1. The number of nitrogens with one attached hydrogen (secondary N) is 1. The summed E-state index contributed by atoms with van der Waals surface area (Å²) in [6.45, 7) is 11.1. The Kier molecular flexibility index (Phi) is 6.78. The van der Waals surface area contributed by atoms with Crippen molar-refractivity contribution in [1.29, 1.82) is 0 Å². The van der Waals surface area contributed by atoms with Crippen molar-refractivity contribution in [2.24, 2.45) is 11.8 Å². The topological polar surface area (TPSA) is 36.3 Å². The summed E-state index contributed by atoms with van der Waals surface area (Å²) in [7, 11) is 0. The van der Waals surface area contributed by atoms with Crippen molar-refractivity contribution in [3.8, 4) is 0 Å². The SMILES string of the molecule is CC1CC(C)CN(c2ccc(N3C(=S)NC(c4ccccn4)C3c3cccn3C(C)C)cc2Cl)C1. The Bertz CT molecular complexity index is 1180. The van der Waals surface area contributed by atoms with Crippen LogP contribution < -0.4 is 15.1 Å². The fourth-order valence-electron chi connectivity index (χ4n) is 5.82. The van der Waals surface area contributed by atoms with Crippen LogP contribution in [-0.2, 0) is 0 Å². The van der Waals surface area contributed by atoms with Gasteiger partial charge in [-0.15, -0.1) is 0 Å². The van der Waals surface area contributed by atoms with Gasteiger partial charge in [-0.3, -0.25) is 4.98 Å². The lowest BCUT2D eigenvalue weighted by Crippen LogP contribution is -2.38. The van der Waals surface area contributed by atoms with Crippen LogP contribution >= 0.6 is 23.8 Å². The summed E-state index contributed by atoms with van der Waals surface area (Å²) in [5.74, 6) is 1.33. The average Bonchev–Trinajstić information content (AvgIpc) is 3.43. The third-order valence-corrected chi connectivity index (χ3v) is 7.81. The van der Waals surface area contributed by atoms with Crippen LogP contribution in [0.1, 0.15) is 63.6 Å². The van der Waals surface area contributed by atoms with E-state index >= 15 is 0 Å². The van der Waals surface area contributed by atoms with Crippen molar-refractivity contribution in [3.05, 3.63) is 77.3 Å². The number of piperidine rings is 1. The average molecular weight is 508 g/mol. The number of pyridine rings is 1. The molecule has 2 saturated heterocycles. The first-order valence-electron chi connectivity index (χ1n) is 12.6. The van der Waals surface area contributed by atoms with Crippen LogP contribution in [0.15, 0.2) is 60.9 Å². The molecule has 35 heavy (non-hydrogen) atoms. The molecule has 2 aliphatic heterocycles. The molecule has 4 unspecified atom stereocenters. The zero-order valence-corrected chi connectivity index (χ0v) is 22.4. The first-order chi connectivity index (χ1) is 16.8. The number of benzene rings is 1. The second-order valence-electron chi connectivity index (χ2n) is 10.4. The highest BCUT2D eigenvalue weighted by Crippen LogP contribution is 2.44. The minimum absolute atomic E-state index is 0.0493. The molecule has 0 radical (unpaired) electrons. The van der Waals surface area contributed by atoms with Crippen LogP contribution in [0.2, 0.25) is 5.02 Å². The quantitative estimate of drug-likeness (QED) is 0.385. The van der Waals surface area contributed by atoms with Gasteiger partial charge in [0.05, 0.1) is 22.4 Å². The fourth-order valence-corrected chi connectivity index (χ4v) is 6.46. The van der Waals surface area contributed by atoms with Gasteiger partial charge in [0.25, 0.3) is 0 Å². The number of hydrogen-bond donors (Lipinski definition) is 1. The van der Waals surface area contributed by atoms with E-state index in [1.165, 1.54) is 12.1 Å². The Balaban J connectivity index is 1.55. The lowest BCUT2D eigenvalue weighted by Gasteiger charge is -2.37. The van der Waals surface area contributed by atoms with Gasteiger partial charge in [-0.25, -0.2) is 0 Å². The Labute approximate surface area is 219 Å². The lowest BCUT2D eigenvalue weighted by atomic mass is 9.91. The molecule has 0 aliphatic carbocycles. The highest BCUT2D eigenvalue weighted by Gasteiger charge is 2.42. The van der Waals surface area contributed by atoms with Gasteiger partial charge in [0.15, 0.2) is 5.11 Å². The Morgan fingerprint density at radius 3 is 2.49 bits per heavy atom. The summed E-state index contributed by atoms with van der Waals surface area (Å²) in [6.07, 6.45) is 5.25. The van der Waals surface area contributed by atoms with E-state index < -0.39 is 0 Å². The zero-order chi connectivity index (χ0) is 24.7. The molecule has 3 aromatic rings. The number of nitrogens with zero attached hydrogens (tertiary/aromatic N) is 4. The molecule has 1 N–H and O–H groups in total. The normalized spacial score (nSPS) is 24.8. The molecule has 2 aromatic heterocycles. The first kappa shape index (κ1) is 24.1. The van der Waals surface area contributed by atoms with E-state index in [9.17, 15) is 0 Å². The molecule has 2 aliphatic rings. The van der Waals surface area contributed by atoms with Crippen LogP contribution in [-0.4, -0.2) is 27.8 Å². The molecular weight excluding hydrogens is 474 g/mol. The third-order valence-electron chi connectivity index (χ3n) is 7.19. The predicted molar refractivity (Wildman–Crippen MR) is 149 cm³/mol. The molecule has 0 amide bonds. The summed E-state index contributed by atoms with van der Waals surface area (Å²) in [5.41, 5.74) is 4.27. The van der Waals surface area contributed by atoms with E-state index in [-0.39, 0.29) is 12.1 Å². The maximum absolute atomic E-state index is 6.94. The largest absolute Gasteiger partial charge is 0.370 e. The number of thiocarbonyl (C=S) groups is 1. The van der Waals surface area contributed by atoms with Crippen molar-refractivity contribution in [2.75, 3.05) is 22.9 Å². The van der Waals surface area contributed by atoms with Gasteiger partial charge < -0.3 is 19.7 Å². The van der Waals surface area contributed by atoms with Crippen LogP contribution in [0.3, 0.4) is 0 Å². The van der Waals surface area contributed by atoms with E-state index in [1.807, 2.05) is 18.3 Å². The molecular formula is C28H34ClN5S. The molecule has 5 nitrogen and oxygen atoms in total. The van der Waals surface area contributed by atoms with Gasteiger partial charge in [-0.1, -0.05) is 31.5 Å². The molecule has 1 aromatic carbocycles. The molecule has 7 heteroatoms.